The van der Waals surface area contributed by atoms with E-state index < -0.39 is 5.97 Å². The average molecular weight is 449 g/mol. The Hall–Kier alpha value is -2.70. The quantitative estimate of drug-likeness (QED) is 0.549. The van der Waals surface area contributed by atoms with Crippen LogP contribution in [0.25, 0.3) is 10.1 Å². The van der Waals surface area contributed by atoms with Crippen LogP contribution in [0.15, 0.2) is 42.5 Å². The Balaban J connectivity index is 1.28. The van der Waals surface area contributed by atoms with Crippen LogP contribution in [0.4, 0.5) is 5.69 Å². The van der Waals surface area contributed by atoms with Crippen molar-refractivity contribution in [3.05, 3.63) is 64.0 Å². The number of thiophene rings is 1. The maximum Gasteiger partial charge on any atom is 0.346 e. The molecule has 2 heterocycles. The highest BCUT2D eigenvalue weighted by Crippen LogP contribution is 2.34. The van der Waals surface area contributed by atoms with Gasteiger partial charge in [-0.2, -0.15) is 0 Å². The Kier molecular flexibility index (Phi) is 5.98. The summed E-state index contributed by atoms with van der Waals surface area (Å²) in [5.74, 6) is -0.864. The van der Waals surface area contributed by atoms with Gasteiger partial charge in [-0.25, -0.2) is 4.79 Å². The third-order valence-electron chi connectivity index (χ3n) is 6.81. The van der Waals surface area contributed by atoms with Crippen LogP contribution in [0.5, 0.6) is 0 Å². The van der Waals surface area contributed by atoms with Crippen molar-refractivity contribution < 1.29 is 14.7 Å². The number of nitrogens with one attached hydrogen (secondary N) is 1. The number of rotatable bonds is 6. The van der Waals surface area contributed by atoms with Crippen molar-refractivity contribution in [3.8, 4) is 0 Å². The number of hydrogen-bond acceptors (Lipinski definition) is 4. The summed E-state index contributed by atoms with van der Waals surface area (Å²) >= 11 is 1.35. The van der Waals surface area contributed by atoms with Gasteiger partial charge >= 0.3 is 5.97 Å². The molecule has 0 unspecified atom stereocenters. The van der Waals surface area contributed by atoms with Gasteiger partial charge in [0, 0.05) is 16.4 Å². The average Bonchev–Trinajstić information content (AvgIpc) is 3.38. The maximum absolute atomic E-state index is 12.8. The number of amides is 1. The lowest BCUT2D eigenvalue weighted by molar-refractivity contribution is -0.117. The Morgan fingerprint density at radius 2 is 1.88 bits per heavy atom. The molecule has 32 heavy (non-hydrogen) atoms. The lowest BCUT2D eigenvalue weighted by atomic mass is 9.91. The molecule has 1 saturated heterocycles. The van der Waals surface area contributed by atoms with Crippen molar-refractivity contribution in [3.63, 3.8) is 0 Å². The van der Waals surface area contributed by atoms with Gasteiger partial charge in [-0.1, -0.05) is 24.3 Å². The number of carboxylic acid groups (broad SMARTS) is 1. The molecule has 1 fully saturated rings. The molecule has 1 aliphatic heterocycles. The molecule has 2 aromatic carbocycles. The van der Waals surface area contributed by atoms with Crippen LogP contribution < -0.4 is 5.32 Å². The smallest absolute Gasteiger partial charge is 0.346 e. The van der Waals surface area contributed by atoms with E-state index in [1.54, 1.807) is 0 Å². The number of carboxylic acids is 1. The molecular formula is C26H28N2O3S. The molecule has 1 aliphatic carbocycles. The number of hydrogen-bond donors (Lipinski definition) is 2. The third-order valence-corrected chi connectivity index (χ3v) is 8.01. The molecule has 5 nitrogen and oxygen atoms in total. The van der Waals surface area contributed by atoms with Crippen LogP contribution in [0.3, 0.4) is 0 Å². The molecular weight excluding hydrogens is 420 g/mol. The molecule has 5 rings (SSSR count). The lowest BCUT2D eigenvalue weighted by Gasteiger charge is -2.24. The summed E-state index contributed by atoms with van der Waals surface area (Å²) < 4.78 is 1.01. The number of anilines is 1. The molecule has 2 N–H and O–H groups in total. The highest BCUT2D eigenvalue weighted by Gasteiger charge is 2.29. The van der Waals surface area contributed by atoms with Gasteiger partial charge in [0.25, 0.3) is 0 Å². The number of benzene rings is 2. The highest BCUT2D eigenvalue weighted by atomic mass is 32.1. The zero-order chi connectivity index (χ0) is 22.1. The van der Waals surface area contributed by atoms with Crippen molar-refractivity contribution in [2.24, 2.45) is 0 Å². The highest BCUT2D eigenvalue weighted by molar-refractivity contribution is 7.21. The van der Waals surface area contributed by atoms with Crippen LogP contribution >= 0.6 is 11.3 Å². The first-order valence-electron chi connectivity index (χ1n) is 11.5. The summed E-state index contributed by atoms with van der Waals surface area (Å²) in [7, 11) is 0. The van der Waals surface area contributed by atoms with E-state index >= 15 is 0 Å². The van der Waals surface area contributed by atoms with E-state index in [4.69, 9.17) is 0 Å². The molecule has 166 valence electrons. The predicted molar refractivity (Wildman–Crippen MR) is 129 cm³/mol. The van der Waals surface area contributed by atoms with Crippen molar-refractivity contribution in [1.29, 1.82) is 0 Å². The molecule has 1 atom stereocenters. The van der Waals surface area contributed by atoms with E-state index in [0.29, 0.717) is 17.8 Å². The van der Waals surface area contributed by atoms with Crippen LogP contribution in [0.2, 0.25) is 0 Å². The fourth-order valence-corrected chi connectivity index (χ4v) is 6.31. The summed E-state index contributed by atoms with van der Waals surface area (Å²) in [4.78, 5) is 27.3. The van der Waals surface area contributed by atoms with E-state index in [2.05, 4.69) is 22.3 Å². The zero-order valence-electron chi connectivity index (χ0n) is 18.1. The Labute approximate surface area is 192 Å². The van der Waals surface area contributed by atoms with E-state index in [1.807, 2.05) is 30.3 Å². The number of aryl methyl sites for hydroxylation is 2. The van der Waals surface area contributed by atoms with Crippen LogP contribution in [-0.2, 0) is 24.1 Å². The largest absolute Gasteiger partial charge is 0.477 e. The number of aromatic carboxylic acids is 1. The molecule has 1 amide bonds. The molecule has 0 radical (unpaired) electrons. The lowest BCUT2D eigenvalue weighted by Crippen LogP contribution is -2.38. The van der Waals surface area contributed by atoms with Crippen molar-refractivity contribution in [2.45, 2.75) is 51.0 Å². The normalized spacial score (nSPS) is 18.6. The first-order chi connectivity index (χ1) is 15.6. The summed E-state index contributed by atoms with van der Waals surface area (Å²) in [6.45, 7) is 1.21. The van der Waals surface area contributed by atoms with Gasteiger partial charge in [-0.15, -0.1) is 11.3 Å². The van der Waals surface area contributed by atoms with Gasteiger partial charge in [-0.3, -0.25) is 9.69 Å². The van der Waals surface area contributed by atoms with Gasteiger partial charge in [0.05, 0.1) is 6.54 Å². The van der Waals surface area contributed by atoms with Gasteiger partial charge in [0.15, 0.2) is 0 Å². The zero-order valence-corrected chi connectivity index (χ0v) is 18.9. The Morgan fingerprint density at radius 1 is 1.06 bits per heavy atom. The second kappa shape index (κ2) is 9.04. The molecule has 6 heteroatoms. The van der Waals surface area contributed by atoms with E-state index in [-0.39, 0.29) is 11.9 Å². The van der Waals surface area contributed by atoms with E-state index in [9.17, 15) is 14.7 Å². The first kappa shape index (κ1) is 21.2. The number of carbonyl (C=O) groups is 2. The molecule has 0 spiro atoms. The third kappa shape index (κ3) is 4.30. The van der Waals surface area contributed by atoms with Crippen molar-refractivity contribution >= 4 is 39.0 Å². The fraction of sp³-hybridized carbons (Fsp3) is 0.385. The SMILES string of the molecule is O=C(CN1CCC[C@H]1Cc1c(C(=O)O)sc2ccccc12)Nc1ccc2c(c1)CCCC2. The standard InChI is InChI=1S/C26H28N2O3S/c29-24(27-19-12-11-17-6-1-2-7-18(17)14-19)16-28-13-5-8-20(28)15-22-21-9-3-4-10-23(21)32-25(22)26(30)31/h3-4,9-12,14,20H,1-2,5-8,13,15-16H2,(H,27,29)(H,30,31)/t20-/m0/s1. The van der Waals surface area contributed by atoms with Crippen LogP contribution in [-0.4, -0.2) is 41.0 Å². The van der Waals surface area contributed by atoms with Gasteiger partial charge in [0.2, 0.25) is 5.91 Å². The molecule has 1 aromatic heterocycles. The Morgan fingerprint density at radius 3 is 2.72 bits per heavy atom. The van der Waals surface area contributed by atoms with E-state index in [1.165, 1.54) is 35.3 Å². The van der Waals surface area contributed by atoms with Crippen LogP contribution in [0, 0.1) is 0 Å². The second-order valence-corrected chi connectivity index (χ2v) is 9.97. The van der Waals surface area contributed by atoms with Gasteiger partial charge < -0.3 is 10.4 Å². The number of nitrogens with zero attached hydrogens (tertiary/aromatic N) is 1. The molecule has 0 saturated carbocycles. The minimum Gasteiger partial charge on any atom is -0.477 e. The minimum absolute atomic E-state index is 0.00120. The molecule has 2 aliphatic rings. The second-order valence-electron chi connectivity index (χ2n) is 8.92. The number of fused-ring (bicyclic) bond motifs is 2. The molecule has 0 bridgehead atoms. The topological polar surface area (TPSA) is 69.6 Å². The minimum atomic E-state index is -0.865. The van der Waals surface area contributed by atoms with Gasteiger partial charge in [0.1, 0.15) is 4.88 Å². The van der Waals surface area contributed by atoms with Gasteiger partial charge in [-0.05, 0) is 91.8 Å². The monoisotopic (exact) mass is 448 g/mol. The summed E-state index contributed by atoms with van der Waals surface area (Å²) in [6.07, 6.45) is 7.37. The Bertz CT molecular complexity index is 1170. The number of likely N-dealkylation sites (tertiary alicyclic amines) is 1. The van der Waals surface area contributed by atoms with Crippen molar-refractivity contribution in [2.75, 3.05) is 18.4 Å². The van der Waals surface area contributed by atoms with Crippen molar-refractivity contribution in [1.82, 2.24) is 4.90 Å². The summed E-state index contributed by atoms with van der Waals surface area (Å²) in [5.41, 5.74) is 4.55. The fourth-order valence-electron chi connectivity index (χ4n) is 5.24. The number of carbonyl (C=O) groups excluding carboxylic acids is 1. The first-order valence-corrected chi connectivity index (χ1v) is 12.3. The summed E-state index contributed by atoms with van der Waals surface area (Å²) in [5, 5.41) is 13.8. The summed E-state index contributed by atoms with van der Waals surface area (Å²) in [6, 6.07) is 14.4. The van der Waals surface area contributed by atoms with Crippen LogP contribution in [0.1, 0.15) is 52.0 Å². The molecule has 3 aromatic rings. The maximum atomic E-state index is 12.8. The van der Waals surface area contributed by atoms with E-state index in [0.717, 1.165) is 53.6 Å². The predicted octanol–water partition coefficient (Wildman–Crippen LogP) is 5.12.